The van der Waals surface area contributed by atoms with E-state index in [2.05, 4.69) is 54.5 Å². The van der Waals surface area contributed by atoms with Crippen molar-refractivity contribution in [2.24, 2.45) is 7.05 Å². The number of carbonyl (C=O) groups excluding carboxylic acids is 1. The van der Waals surface area contributed by atoms with Crippen LogP contribution in [0, 0.1) is 5.82 Å². The van der Waals surface area contributed by atoms with Crippen molar-refractivity contribution in [3.05, 3.63) is 42.6 Å². The summed E-state index contributed by atoms with van der Waals surface area (Å²) in [6, 6.07) is 5.51. The second-order valence-corrected chi connectivity index (χ2v) is 9.69. The zero-order valence-corrected chi connectivity index (χ0v) is 22.1. The van der Waals surface area contributed by atoms with Crippen molar-refractivity contribution in [3.8, 4) is 17.1 Å². The molecule has 1 fully saturated rings. The Morgan fingerprint density at radius 3 is 2.84 bits per heavy atom. The van der Waals surface area contributed by atoms with Crippen LogP contribution in [0.2, 0.25) is 0 Å². The van der Waals surface area contributed by atoms with Gasteiger partial charge in [0.05, 0.1) is 36.7 Å². The maximum atomic E-state index is 14.9. The number of H-pyrrole nitrogens is 1. The third-order valence-corrected chi connectivity index (χ3v) is 6.97. The van der Waals surface area contributed by atoms with E-state index in [0.29, 0.717) is 28.3 Å². The number of benzene rings is 1. The van der Waals surface area contributed by atoms with E-state index < -0.39 is 5.82 Å². The third-order valence-electron chi connectivity index (χ3n) is 6.97. The minimum absolute atomic E-state index is 0.0878. The first-order valence-corrected chi connectivity index (χ1v) is 12.5. The number of para-hydroxylation sites is 1. The molecule has 0 bridgehead atoms. The number of rotatable bonds is 7. The van der Waals surface area contributed by atoms with Crippen LogP contribution in [0.1, 0.15) is 13.8 Å². The SMILES string of the molecule is COc1nn(C)cc1Nc1ncc(F)c(-c2c[nH]c3c(NC(=O)[C@@H](C)N4CCN(C)CC4C)cccc23)n1. The number of carbonyl (C=O) groups is 1. The highest BCUT2D eigenvalue weighted by atomic mass is 19.1. The van der Waals surface area contributed by atoms with Gasteiger partial charge in [0.15, 0.2) is 5.82 Å². The quantitative estimate of drug-likeness (QED) is 0.340. The number of aromatic nitrogens is 5. The molecule has 1 amide bonds. The van der Waals surface area contributed by atoms with E-state index in [9.17, 15) is 9.18 Å². The van der Waals surface area contributed by atoms with Gasteiger partial charge in [0.1, 0.15) is 11.4 Å². The van der Waals surface area contributed by atoms with Crippen molar-refractivity contribution >= 4 is 34.1 Å². The van der Waals surface area contributed by atoms with Gasteiger partial charge in [-0.3, -0.25) is 14.4 Å². The van der Waals surface area contributed by atoms with Gasteiger partial charge in [-0.1, -0.05) is 12.1 Å². The number of nitrogens with one attached hydrogen (secondary N) is 3. The van der Waals surface area contributed by atoms with Crippen molar-refractivity contribution in [1.29, 1.82) is 0 Å². The molecule has 3 aromatic heterocycles. The van der Waals surface area contributed by atoms with Gasteiger partial charge in [0, 0.05) is 49.9 Å². The number of fused-ring (bicyclic) bond motifs is 1. The first-order chi connectivity index (χ1) is 18.2. The van der Waals surface area contributed by atoms with Crippen molar-refractivity contribution in [2.75, 3.05) is 44.4 Å². The van der Waals surface area contributed by atoms with Crippen molar-refractivity contribution in [2.45, 2.75) is 25.9 Å². The van der Waals surface area contributed by atoms with E-state index in [0.717, 1.165) is 31.2 Å². The lowest BCUT2D eigenvalue weighted by Crippen LogP contribution is -2.56. The summed E-state index contributed by atoms with van der Waals surface area (Å²) in [5.74, 6) is -0.0897. The summed E-state index contributed by atoms with van der Waals surface area (Å²) < 4.78 is 21.8. The van der Waals surface area contributed by atoms with Gasteiger partial charge in [0.25, 0.3) is 5.88 Å². The average Bonchev–Trinajstić information content (AvgIpc) is 3.48. The Labute approximate surface area is 220 Å². The maximum Gasteiger partial charge on any atom is 0.256 e. The number of likely N-dealkylation sites (N-methyl/N-ethyl adjacent to an activating group) is 1. The number of amides is 1. The number of nitrogens with zero attached hydrogens (tertiary/aromatic N) is 6. The largest absolute Gasteiger partial charge is 0.478 e. The van der Waals surface area contributed by atoms with Gasteiger partial charge in [-0.2, -0.15) is 0 Å². The zero-order chi connectivity index (χ0) is 27.0. The fraction of sp³-hybridized carbons (Fsp3) is 0.385. The molecule has 38 heavy (non-hydrogen) atoms. The lowest BCUT2D eigenvalue weighted by Gasteiger charge is -2.41. The van der Waals surface area contributed by atoms with Crippen molar-refractivity contribution in [1.82, 2.24) is 34.5 Å². The van der Waals surface area contributed by atoms with Gasteiger partial charge in [0.2, 0.25) is 11.9 Å². The zero-order valence-electron chi connectivity index (χ0n) is 22.1. The molecule has 2 atom stereocenters. The number of methoxy groups -OCH3 is 1. The molecule has 1 aliphatic rings. The van der Waals surface area contributed by atoms with E-state index in [1.54, 1.807) is 24.1 Å². The van der Waals surface area contributed by atoms with Gasteiger partial charge >= 0.3 is 0 Å². The number of aromatic amines is 1. The van der Waals surface area contributed by atoms with Crippen LogP contribution in [-0.4, -0.2) is 86.3 Å². The number of anilines is 3. The Balaban J connectivity index is 1.41. The summed E-state index contributed by atoms with van der Waals surface area (Å²) in [6.45, 7) is 6.74. The Kier molecular flexibility index (Phi) is 7.00. The molecule has 0 radical (unpaired) electrons. The van der Waals surface area contributed by atoms with Crippen LogP contribution >= 0.6 is 0 Å². The summed E-state index contributed by atoms with van der Waals surface area (Å²) >= 11 is 0. The molecule has 4 aromatic rings. The van der Waals surface area contributed by atoms with E-state index >= 15 is 0 Å². The monoisotopic (exact) mass is 521 g/mol. The standard InChI is InChI=1S/C26H32FN9O2/c1-15-13-34(3)9-10-36(15)16(2)24(37)30-20-8-6-7-17-18(11-28-23(17)20)22-19(27)12-29-26(32-22)31-21-14-35(4)33-25(21)38-5/h6-8,11-12,14-16,28H,9-10,13H2,1-5H3,(H,30,37)(H,29,31,32)/t15?,16-/m1/s1. The highest BCUT2D eigenvalue weighted by molar-refractivity contribution is 6.06. The summed E-state index contributed by atoms with van der Waals surface area (Å²) in [5.41, 5.74) is 2.55. The van der Waals surface area contributed by atoms with Gasteiger partial charge in [-0.15, -0.1) is 5.10 Å². The molecular weight excluding hydrogens is 489 g/mol. The Bertz CT molecular complexity index is 1470. The molecule has 0 saturated carbocycles. The smallest absolute Gasteiger partial charge is 0.256 e. The van der Waals surface area contributed by atoms with Crippen LogP contribution in [0.25, 0.3) is 22.2 Å². The van der Waals surface area contributed by atoms with Crippen LogP contribution in [0.3, 0.4) is 0 Å². The third kappa shape index (κ3) is 4.92. The topological polar surface area (TPSA) is 116 Å². The lowest BCUT2D eigenvalue weighted by atomic mass is 10.1. The van der Waals surface area contributed by atoms with E-state index in [1.165, 1.54) is 7.11 Å². The minimum Gasteiger partial charge on any atom is -0.478 e. The average molecular weight is 522 g/mol. The highest BCUT2D eigenvalue weighted by Gasteiger charge is 2.30. The highest BCUT2D eigenvalue weighted by Crippen LogP contribution is 2.34. The van der Waals surface area contributed by atoms with E-state index in [4.69, 9.17) is 4.74 Å². The first-order valence-electron chi connectivity index (χ1n) is 12.5. The van der Waals surface area contributed by atoms with Crippen LogP contribution in [0.5, 0.6) is 5.88 Å². The molecule has 3 N–H and O–H groups in total. The van der Waals surface area contributed by atoms with Crippen LogP contribution in [-0.2, 0) is 11.8 Å². The number of hydrogen-bond donors (Lipinski definition) is 3. The Morgan fingerprint density at radius 2 is 2.08 bits per heavy atom. The second-order valence-electron chi connectivity index (χ2n) is 9.69. The molecule has 0 aliphatic carbocycles. The number of halogens is 1. The molecule has 1 aliphatic heterocycles. The Morgan fingerprint density at radius 1 is 1.26 bits per heavy atom. The molecule has 1 unspecified atom stereocenters. The van der Waals surface area contributed by atoms with Crippen molar-refractivity contribution < 1.29 is 13.9 Å². The van der Waals surface area contributed by atoms with Crippen LogP contribution in [0.15, 0.2) is 36.8 Å². The van der Waals surface area contributed by atoms with Gasteiger partial charge in [-0.25, -0.2) is 14.4 Å². The number of aryl methyl sites for hydroxylation is 1. The molecular formula is C26H32FN9O2. The first kappa shape index (κ1) is 25.6. The number of piperazine rings is 1. The number of hydrogen-bond acceptors (Lipinski definition) is 8. The fourth-order valence-corrected chi connectivity index (χ4v) is 5.01. The maximum absolute atomic E-state index is 14.9. The predicted molar refractivity (Wildman–Crippen MR) is 144 cm³/mol. The van der Waals surface area contributed by atoms with E-state index in [-0.39, 0.29) is 29.6 Å². The number of ether oxygens (including phenoxy) is 1. The molecule has 1 aromatic carbocycles. The summed E-state index contributed by atoms with van der Waals surface area (Å²) in [7, 11) is 5.37. The van der Waals surface area contributed by atoms with Crippen LogP contribution < -0.4 is 15.4 Å². The predicted octanol–water partition coefficient (Wildman–Crippen LogP) is 3.21. The van der Waals surface area contributed by atoms with Gasteiger partial charge < -0.3 is 25.3 Å². The molecule has 11 nitrogen and oxygen atoms in total. The summed E-state index contributed by atoms with van der Waals surface area (Å²) in [5, 5.41) is 11.0. The second kappa shape index (κ2) is 10.4. The Hall–Kier alpha value is -4.03. The summed E-state index contributed by atoms with van der Waals surface area (Å²) in [6.07, 6.45) is 4.53. The summed E-state index contributed by atoms with van der Waals surface area (Å²) in [4.78, 5) is 29.4. The fourth-order valence-electron chi connectivity index (χ4n) is 5.01. The molecule has 1 saturated heterocycles. The van der Waals surface area contributed by atoms with E-state index in [1.807, 2.05) is 25.1 Å². The molecule has 5 rings (SSSR count). The van der Waals surface area contributed by atoms with Crippen molar-refractivity contribution in [3.63, 3.8) is 0 Å². The molecule has 200 valence electrons. The minimum atomic E-state index is -0.568. The molecule has 12 heteroatoms. The van der Waals surface area contributed by atoms with Gasteiger partial charge in [-0.05, 0) is 27.0 Å². The molecule has 4 heterocycles. The molecule has 0 spiro atoms. The normalized spacial score (nSPS) is 17.5. The van der Waals surface area contributed by atoms with Crippen LogP contribution in [0.4, 0.5) is 21.7 Å². The lowest BCUT2D eigenvalue weighted by molar-refractivity contribution is -0.122.